The van der Waals surface area contributed by atoms with Crippen LogP contribution in [0.25, 0.3) is 0 Å². The number of benzene rings is 2. The number of nitrogens with two attached hydrogens (primary N) is 1. The topological polar surface area (TPSA) is 38.0 Å². The number of hydrogen-bond donors (Lipinski definition) is 2. The van der Waals surface area contributed by atoms with Gasteiger partial charge in [0.25, 0.3) is 0 Å². The first-order chi connectivity index (χ1) is 9.16. The van der Waals surface area contributed by atoms with Crippen LogP contribution in [0.5, 0.6) is 0 Å². The summed E-state index contributed by atoms with van der Waals surface area (Å²) < 4.78 is 26.8. The first-order valence-corrected chi connectivity index (χ1v) is 6.22. The molecule has 0 spiro atoms. The van der Waals surface area contributed by atoms with E-state index >= 15 is 0 Å². The lowest BCUT2D eigenvalue weighted by atomic mass is 10.1. The fraction of sp³-hybridized carbons (Fsp3) is 0.200. The normalized spacial score (nSPS) is 21.2. The molecule has 19 heavy (non-hydrogen) atoms. The van der Waals surface area contributed by atoms with Crippen molar-refractivity contribution in [3.05, 3.63) is 59.7 Å². The standard InChI is InChI=1S/C15H14F2N2/c16-11-6-7-12(18)15(14(11)17)19-13-8-10(13)9-4-2-1-3-5-9/h1-7,10,13,19H,8,18H2. The number of rotatable bonds is 3. The minimum absolute atomic E-state index is 0.0726. The van der Waals surface area contributed by atoms with Crippen LogP contribution in [0.2, 0.25) is 0 Å². The van der Waals surface area contributed by atoms with Crippen molar-refractivity contribution in [2.75, 3.05) is 11.1 Å². The molecular formula is C15H14F2N2. The SMILES string of the molecule is Nc1ccc(F)c(F)c1NC1CC1c1ccccc1. The summed E-state index contributed by atoms with van der Waals surface area (Å²) in [5.74, 6) is -1.45. The lowest BCUT2D eigenvalue weighted by Gasteiger charge is -2.10. The molecule has 98 valence electrons. The molecule has 0 bridgehead atoms. The van der Waals surface area contributed by atoms with E-state index in [1.165, 1.54) is 11.6 Å². The predicted octanol–water partition coefficient (Wildman–Crippen LogP) is 3.52. The second-order valence-corrected chi connectivity index (χ2v) is 4.83. The van der Waals surface area contributed by atoms with E-state index < -0.39 is 11.6 Å². The van der Waals surface area contributed by atoms with Gasteiger partial charge in [0.1, 0.15) is 0 Å². The predicted molar refractivity (Wildman–Crippen MR) is 72.0 cm³/mol. The Morgan fingerprint density at radius 2 is 1.79 bits per heavy atom. The van der Waals surface area contributed by atoms with Crippen molar-refractivity contribution < 1.29 is 8.78 Å². The highest BCUT2D eigenvalue weighted by Gasteiger charge is 2.39. The molecule has 0 saturated heterocycles. The molecule has 1 fully saturated rings. The third-order valence-electron chi connectivity index (χ3n) is 3.47. The Balaban J connectivity index is 1.77. The van der Waals surface area contributed by atoms with Gasteiger partial charge in [-0.2, -0.15) is 0 Å². The largest absolute Gasteiger partial charge is 0.397 e. The summed E-state index contributed by atoms with van der Waals surface area (Å²) in [7, 11) is 0. The average molecular weight is 260 g/mol. The molecule has 0 amide bonds. The molecule has 0 aliphatic heterocycles. The van der Waals surface area contributed by atoms with Gasteiger partial charge in [0.2, 0.25) is 0 Å². The fourth-order valence-electron chi connectivity index (χ4n) is 2.32. The molecule has 2 aromatic carbocycles. The maximum absolute atomic E-state index is 13.7. The van der Waals surface area contributed by atoms with Crippen molar-refractivity contribution >= 4 is 11.4 Å². The van der Waals surface area contributed by atoms with Gasteiger partial charge < -0.3 is 11.1 Å². The van der Waals surface area contributed by atoms with Crippen molar-refractivity contribution in [1.82, 2.24) is 0 Å². The second-order valence-electron chi connectivity index (χ2n) is 4.83. The second kappa shape index (κ2) is 4.53. The van der Waals surface area contributed by atoms with Crippen molar-refractivity contribution in [3.8, 4) is 0 Å². The Morgan fingerprint density at radius 3 is 2.53 bits per heavy atom. The highest BCUT2D eigenvalue weighted by atomic mass is 19.2. The minimum Gasteiger partial charge on any atom is -0.397 e. The van der Waals surface area contributed by atoms with Gasteiger partial charge in [0.15, 0.2) is 11.6 Å². The Kier molecular flexibility index (Phi) is 2.85. The summed E-state index contributed by atoms with van der Waals surface area (Å²) in [6.45, 7) is 0. The lowest BCUT2D eigenvalue weighted by Crippen LogP contribution is -2.09. The number of anilines is 2. The number of nitrogens with one attached hydrogen (secondary N) is 1. The molecule has 3 rings (SSSR count). The first-order valence-electron chi connectivity index (χ1n) is 6.22. The highest BCUT2D eigenvalue weighted by molar-refractivity contribution is 5.68. The Hall–Kier alpha value is -2.10. The molecule has 1 saturated carbocycles. The third-order valence-corrected chi connectivity index (χ3v) is 3.47. The maximum Gasteiger partial charge on any atom is 0.183 e. The van der Waals surface area contributed by atoms with Gasteiger partial charge in [0, 0.05) is 12.0 Å². The van der Waals surface area contributed by atoms with Crippen LogP contribution in [-0.2, 0) is 0 Å². The van der Waals surface area contributed by atoms with Gasteiger partial charge >= 0.3 is 0 Å². The van der Waals surface area contributed by atoms with Gasteiger partial charge in [-0.25, -0.2) is 8.78 Å². The van der Waals surface area contributed by atoms with Crippen LogP contribution in [-0.4, -0.2) is 6.04 Å². The summed E-state index contributed by atoms with van der Waals surface area (Å²) in [5, 5.41) is 3.00. The van der Waals surface area contributed by atoms with Gasteiger partial charge in [-0.3, -0.25) is 0 Å². The molecule has 4 heteroatoms. The zero-order chi connectivity index (χ0) is 13.4. The third kappa shape index (κ3) is 2.26. The van der Waals surface area contributed by atoms with Crippen molar-refractivity contribution in [3.63, 3.8) is 0 Å². The molecule has 3 N–H and O–H groups in total. The van der Waals surface area contributed by atoms with Crippen LogP contribution < -0.4 is 11.1 Å². The van der Waals surface area contributed by atoms with Gasteiger partial charge in [-0.1, -0.05) is 30.3 Å². The number of hydrogen-bond acceptors (Lipinski definition) is 2. The first kappa shape index (κ1) is 12.0. The zero-order valence-electron chi connectivity index (χ0n) is 10.2. The van der Waals surface area contributed by atoms with E-state index in [1.807, 2.05) is 30.3 Å². The van der Waals surface area contributed by atoms with Crippen molar-refractivity contribution in [2.45, 2.75) is 18.4 Å². The smallest absolute Gasteiger partial charge is 0.183 e. The molecule has 2 atom stereocenters. The highest BCUT2D eigenvalue weighted by Crippen LogP contribution is 2.43. The molecule has 2 unspecified atom stereocenters. The summed E-state index contributed by atoms with van der Waals surface area (Å²) in [6.07, 6.45) is 0.902. The van der Waals surface area contributed by atoms with E-state index in [4.69, 9.17) is 5.73 Å². The van der Waals surface area contributed by atoms with Gasteiger partial charge in [-0.15, -0.1) is 0 Å². The zero-order valence-corrected chi connectivity index (χ0v) is 10.2. The van der Waals surface area contributed by atoms with Crippen LogP contribution in [0.1, 0.15) is 17.9 Å². The van der Waals surface area contributed by atoms with Crippen LogP contribution in [0.4, 0.5) is 20.2 Å². The lowest BCUT2D eigenvalue weighted by molar-refractivity contribution is 0.511. The van der Waals surface area contributed by atoms with E-state index in [1.54, 1.807) is 0 Å². The molecule has 1 aliphatic carbocycles. The summed E-state index contributed by atoms with van der Waals surface area (Å²) in [5.41, 5.74) is 7.19. The number of nitrogen functional groups attached to an aromatic ring is 1. The average Bonchev–Trinajstić information content (AvgIpc) is 3.20. The minimum atomic E-state index is -0.904. The quantitative estimate of drug-likeness (QED) is 0.829. The Bertz CT molecular complexity index is 599. The maximum atomic E-state index is 13.7. The van der Waals surface area contributed by atoms with Crippen molar-refractivity contribution in [2.24, 2.45) is 0 Å². The Morgan fingerprint density at radius 1 is 1.05 bits per heavy atom. The van der Waals surface area contributed by atoms with E-state index in [2.05, 4.69) is 5.32 Å². The van der Waals surface area contributed by atoms with Gasteiger partial charge in [-0.05, 0) is 24.1 Å². The molecule has 0 aromatic heterocycles. The van der Waals surface area contributed by atoms with Crippen LogP contribution in [0.15, 0.2) is 42.5 Å². The molecule has 0 heterocycles. The molecule has 1 aliphatic rings. The van der Waals surface area contributed by atoms with Crippen LogP contribution in [0.3, 0.4) is 0 Å². The molecule has 2 nitrogen and oxygen atoms in total. The van der Waals surface area contributed by atoms with Gasteiger partial charge in [0.05, 0.1) is 11.4 Å². The summed E-state index contributed by atoms with van der Waals surface area (Å²) >= 11 is 0. The van der Waals surface area contributed by atoms with E-state index in [0.29, 0.717) is 5.92 Å². The van der Waals surface area contributed by atoms with E-state index in [-0.39, 0.29) is 17.4 Å². The van der Waals surface area contributed by atoms with Crippen LogP contribution >= 0.6 is 0 Å². The molecule has 2 aromatic rings. The number of halogens is 2. The fourth-order valence-corrected chi connectivity index (χ4v) is 2.32. The molecule has 0 radical (unpaired) electrons. The van der Waals surface area contributed by atoms with E-state index in [9.17, 15) is 8.78 Å². The van der Waals surface area contributed by atoms with Crippen molar-refractivity contribution in [1.29, 1.82) is 0 Å². The Labute approximate surface area is 110 Å². The summed E-state index contributed by atoms with van der Waals surface area (Å²) in [6, 6.07) is 12.5. The summed E-state index contributed by atoms with van der Waals surface area (Å²) in [4.78, 5) is 0. The molecular weight excluding hydrogens is 246 g/mol. The van der Waals surface area contributed by atoms with E-state index in [0.717, 1.165) is 12.5 Å². The monoisotopic (exact) mass is 260 g/mol. The van der Waals surface area contributed by atoms with Crippen LogP contribution in [0, 0.1) is 11.6 Å².